The number of hydrogen-bond acceptors (Lipinski definition) is 4. The molecule has 148 valence electrons. The Morgan fingerprint density at radius 2 is 2.00 bits per heavy atom. The van der Waals surface area contributed by atoms with E-state index in [0.29, 0.717) is 35.9 Å². The van der Waals surface area contributed by atoms with Crippen LogP contribution in [0.3, 0.4) is 0 Å². The smallest absolute Gasteiger partial charge is 0.244 e. The molecule has 0 unspecified atom stereocenters. The number of amides is 2. The summed E-state index contributed by atoms with van der Waals surface area (Å²) in [5, 5.41) is 3.23. The number of halogens is 1. The Morgan fingerprint density at radius 3 is 2.75 bits per heavy atom. The van der Waals surface area contributed by atoms with E-state index < -0.39 is 0 Å². The predicted octanol–water partition coefficient (Wildman–Crippen LogP) is 3.20. The molecule has 3 rings (SSSR count). The fourth-order valence-electron chi connectivity index (χ4n) is 3.05. The fourth-order valence-corrected chi connectivity index (χ4v) is 3.28. The Morgan fingerprint density at radius 1 is 1.21 bits per heavy atom. The molecule has 1 heterocycles. The molecule has 0 spiro atoms. The number of aryl methyl sites for hydroxylation is 1. The lowest BCUT2D eigenvalue weighted by molar-refractivity contribution is -0.121. The third-order valence-corrected chi connectivity index (χ3v) is 4.80. The van der Waals surface area contributed by atoms with E-state index in [2.05, 4.69) is 5.32 Å². The van der Waals surface area contributed by atoms with Gasteiger partial charge in [-0.3, -0.25) is 9.59 Å². The van der Waals surface area contributed by atoms with Gasteiger partial charge in [-0.2, -0.15) is 0 Å². The molecule has 2 amide bonds. The Labute approximate surface area is 170 Å². The molecule has 0 aromatic heterocycles. The number of fused-ring (bicyclic) bond motifs is 1. The first-order valence-electron chi connectivity index (χ1n) is 9.19. The van der Waals surface area contributed by atoms with Crippen molar-refractivity contribution in [2.75, 3.05) is 44.0 Å². The first-order chi connectivity index (χ1) is 13.4. The van der Waals surface area contributed by atoms with Crippen LogP contribution in [0.15, 0.2) is 42.5 Å². The zero-order valence-corrected chi connectivity index (χ0v) is 16.8. The second-order valence-electron chi connectivity index (χ2n) is 6.95. The third kappa shape index (κ3) is 5.03. The van der Waals surface area contributed by atoms with Crippen molar-refractivity contribution in [3.8, 4) is 5.75 Å². The van der Waals surface area contributed by atoms with Gasteiger partial charge in [0.15, 0.2) is 0 Å². The molecule has 0 radical (unpaired) electrons. The highest BCUT2D eigenvalue weighted by Gasteiger charge is 2.25. The second-order valence-corrected chi connectivity index (χ2v) is 7.36. The van der Waals surface area contributed by atoms with Crippen molar-refractivity contribution in [3.63, 3.8) is 0 Å². The summed E-state index contributed by atoms with van der Waals surface area (Å²) in [6.45, 7) is 1.27. The number of nitrogens with one attached hydrogen (secondary N) is 1. The van der Waals surface area contributed by atoms with Gasteiger partial charge in [0.25, 0.3) is 0 Å². The van der Waals surface area contributed by atoms with Crippen LogP contribution >= 0.6 is 11.6 Å². The van der Waals surface area contributed by atoms with Crippen LogP contribution in [0.4, 0.5) is 11.4 Å². The van der Waals surface area contributed by atoms with Gasteiger partial charge in [0, 0.05) is 24.3 Å². The van der Waals surface area contributed by atoms with Gasteiger partial charge in [-0.25, -0.2) is 0 Å². The van der Waals surface area contributed by atoms with E-state index >= 15 is 0 Å². The normalized spacial score (nSPS) is 13.4. The Balaban J connectivity index is 1.62. The first-order valence-corrected chi connectivity index (χ1v) is 9.57. The summed E-state index contributed by atoms with van der Waals surface area (Å²) in [5.74, 6) is 0.251. The van der Waals surface area contributed by atoms with Gasteiger partial charge in [-0.1, -0.05) is 29.8 Å². The van der Waals surface area contributed by atoms with Crippen LogP contribution in [0.25, 0.3) is 0 Å². The van der Waals surface area contributed by atoms with E-state index in [1.807, 2.05) is 43.3 Å². The number of ether oxygens (including phenoxy) is 1. The number of carbonyl (C=O) groups is 2. The summed E-state index contributed by atoms with van der Waals surface area (Å²) in [7, 11) is 3.93. The molecule has 7 heteroatoms. The lowest BCUT2D eigenvalue weighted by Crippen LogP contribution is -2.40. The van der Waals surface area contributed by atoms with Gasteiger partial charge in [0.2, 0.25) is 11.8 Å². The highest BCUT2D eigenvalue weighted by atomic mass is 35.5. The molecule has 0 atom stereocenters. The molecule has 0 aliphatic carbocycles. The Bertz CT molecular complexity index is 870. The van der Waals surface area contributed by atoms with Gasteiger partial charge in [0.05, 0.1) is 5.02 Å². The van der Waals surface area contributed by atoms with Gasteiger partial charge >= 0.3 is 0 Å². The number of hydrogen-bond donors (Lipinski definition) is 1. The molecule has 1 aliphatic heterocycles. The van der Waals surface area contributed by atoms with Crippen molar-refractivity contribution >= 4 is 34.8 Å². The predicted molar refractivity (Wildman–Crippen MR) is 111 cm³/mol. The minimum atomic E-state index is -0.276. The van der Waals surface area contributed by atoms with Crippen molar-refractivity contribution in [2.45, 2.75) is 12.8 Å². The average molecular weight is 402 g/mol. The summed E-state index contributed by atoms with van der Waals surface area (Å²) in [6, 6.07) is 12.8. The molecule has 2 aromatic rings. The van der Waals surface area contributed by atoms with Crippen molar-refractivity contribution in [1.29, 1.82) is 0 Å². The fraction of sp³-hybridized carbons (Fsp3) is 0.333. The maximum Gasteiger partial charge on any atom is 0.244 e. The second kappa shape index (κ2) is 9.08. The minimum Gasteiger partial charge on any atom is -0.491 e. The molecular weight excluding hydrogens is 378 g/mol. The van der Waals surface area contributed by atoms with Crippen molar-refractivity contribution in [1.82, 2.24) is 4.90 Å². The van der Waals surface area contributed by atoms with E-state index in [-0.39, 0.29) is 18.4 Å². The molecule has 1 aliphatic rings. The summed E-state index contributed by atoms with van der Waals surface area (Å²) in [4.78, 5) is 28.3. The molecule has 28 heavy (non-hydrogen) atoms. The van der Waals surface area contributed by atoms with Crippen LogP contribution in [0.5, 0.6) is 5.75 Å². The quantitative estimate of drug-likeness (QED) is 0.773. The molecule has 0 saturated carbocycles. The minimum absolute atomic E-state index is 0.0332. The molecule has 1 N–H and O–H groups in total. The number of carbonyl (C=O) groups excluding carboxylic acids is 2. The van der Waals surface area contributed by atoms with Crippen LogP contribution in [-0.4, -0.2) is 50.5 Å². The van der Waals surface area contributed by atoms with E-state index in [1.165, 1.54) is 4.90 Å². The zero-order valence-electron chi connectivity index (χ0n) is 16.1. The number of para-hydroxylation sites is 1. The number of anilines is 2. The lowest BCUT2D eigenvalue weighted by atomic mass is 10.0. The summed E-state index contributed by atoms with van der Waals surface area (Å²) < 4.78 is 5.64. The maximum atomic E-state index is 12.5. The van der Waals surface area contributed by atoms with Gasteiger partial charge in [-0.05, 0) is 50.3 Å². The highest BCUT2D eigenvalue weighted by molar-refractivity contribution is 6.32. The summed E-state index contributed by atoms with van der Waals surface area (Å²) >= 11 is 6.26. The van der Waals surface area contributed by atoms with Crippen LogP contribution in [-0.2, 0) is 16.0 Å². The zero-order chi connectivity index (χ0) is 20.1. The number of rotatable bonds is 7. The molecule has 0 bridgehead atoms. The monoisotopic (exact) mass is 401 g/mol. The van der Waals surface area contributed by atoms with E-state index in [1.54, 1.807) is 18.2 Å². The molecule has 0 saturated heterocycles. The Kier molecular flexibility index (Phi) is 6.54. The van der Waals surface area contributed by atoms with E-state index in [9.17, 15) is 9.59 Å². The summed E-state index contributed by atoms with van der Waals surface area (Å²) in [5.41, 5.74) is 2.45. The van der Waals surface area contributed by atoms with Crippen molar-refractivity contribution < 1.29 is 14.3 Å². The van der Waals surface area contributed by atoms with Crippen molar-refractivity contribution in [2.24, 2.45) is 0 Å². The number of benzene rings is 2. The van der Waals surface area contributed by atoms with Gasteiger partial charge in [-0.15, -0.1) is 0 Å². The van der Waals surface area contributed by atoms with Crippen molar-refractivity contribution in [3.05, 3.63) is 53.1 Å². The topological polar surface area (TPSA) is 61.9 Å². The number of nitrogens with zero attached hydrogens (tertiary/aromatic N) is 2. The lowest BCUT2D eigenvalue weighted by Gasteiger charge is -2.28. The third-order valence-electron chi connectivity index (χ3n) is 4.51. The molecule has 2 aromatic carbocycles. The van der Waals surface area contributed by atoms with Crippen LogP contribution in [0.1, 0.15) is 12.0 Å². The van der Waals surface area contributed by atoms with Gasteiger partial charge in [0.1, 0.15) is 18.9 Å². The highest BCUT2D eigenvalue weighted by Crippen LogP contribution is 2.29. The standard InChI is InChI=1S/C21H24ClN3O3/c1-24(2)11-12-28-19-9-8-16(13-17(19)22)23-20(26)14-25-18-6-4-3-5-15(18)7-10-21(25)27/h3-6,8-9,13H,7,10-12,14H2,1-2H3,(H,23,26). The molecule has 0 fully saturated rings. The first kappa shape index (κ1) is 20.2. The number of likely N-dealkylation sites (N-methyl/N-ethyl adjacent to an activating group) is 1. The van der Waals surface area contributed by atoms with E-state index in [0.717, 1.165) is 17.8 Å². The van der Waals surface area contributed by atoms with Crippen LogP contribution in [0, 0.1) is 0 Å². The molecular formula is C21H24ClN3O3. The SMILES string of the molecule is CN(C)CCOc1ccc(NC(=O)CN2C(=O)CCc3ccccc32)cc1Cl. The largest absolute Gasteiger partial charge is 0.491 e. The van der Waals surface area contributed by atoms with Crippen LogP contribution in [0.2, 0.25) is 5.02 Å². The average Bonchev–Trinajstić information content (AvgIpc) is 2.65. The van der Waals surface area contributed by atoms with E-state index in [4.69, 9.17) is 16.3 Å². The summed E-state index contributed by atoms with van der Waals surface area (Å²) in [6.07, 6.45) is 1.12. The Hall–Kier alpha value is -2.57. The van der Waals surface area contributed by atoms with Crippen LogP contribution < -0.4 is 15.0 Å². The maximum absolute atomic E-state index is 12.5. The van der Waals surface area contributed by atoms with Gasteiger partial charge < -0.3 is 19.9 Å². The molecule has 6 nitrogen and oxygen atoms in total.